The Morgan fingerprint density at radius 1 is 1.23 bits per heavy atom. The number of nitriles is 1. The van der Waals surface area contributed by atoms with E-state index in [1.54, 1.807) is 27.7 Å². The van der Waals surface area contributed by atoms with Gasteiger partial charge in [0.25, 0.3) is 11.5 Å². The van der Waals surface area contributed by atoms with Crippen LogP contribution in [0.1, 0.15) is 46.5 Å². The van der Waals surface area contributed by atoms with Crippen LogP contribution in [0.5, 0.6) is 0 Å². The molecule has 3 aromatic rings. The summed E-state index contributed by atoms with van der Waals surface area (Å²) in [7, 11) is 0. The first-order valence-electron chi connectivity index (χ1n) is 11.9. The van der Waals surface area contributed by atoms with Crippen molar-refractivity contribution in [2.75, 3.05) is 31.1 Å². The van der Waals surface area contributed by atoms with Crippen LogP contribution in [0.2, 0.25) is 0 Å². The van der Waals surface area contributed by atoms with Gasteiger partial charge in [0.2, 0.25) is 5.95 Å². The van der Waals surface area contributed by atoms with E-state index in [1.807, 2.05) is 17.0 Å². The molecule has 0 saturated carbocycles. The number of amides is 1. The van der Waals surface area contributed by atoms with Crippen LogP contribution in [-0.2, 0) is 6.54 Å². The molecule has 2 aromatic heterocycles. The molecule has 182 valence electrons. The minimum Gasteiger partial charge on any atom is -0.341 e. The van der Waals surface area contributed by atoms with Crippen LogP contribution in [0.3, 0.4) is 0 Å². The van der Waals surface area contributed by atoms with E-state index in [0.717, 1.165) is 36.3 Å². The Morgan fingerprint density at radius 3 is 2.74 bits per heavy atom. The number of alkyl halides is 1. The molecule has 2 saturated heterocycles. The van der Waals surface area contributed by atoms with Crippen LogP contribution in [0, 0.1) is 11.3 Å². The molecule has 1 amide bonds. The van der Waals surface area contributed by atoms with Gasteiger partial charge in [0.05, 0.1) is 28.6 Å². The SMILES string of the molecule is N#Cc1ccccc1Cn1c(N2CCC[C@@H](N)C2)nc2cc(C(=O)N3CCC(F)CC3)sc2c1=O. The van der Waals surface area contributed by atoms with E-state index < -0.39 is 6.17 Å². The molecule has 8 nitrogen and oxygen atoms in total. The molecule has 2 aliphatic rings. The highest BCUT2D eigenvalue weighted by Crippen LogP contribution is 2.28. The number of thiophene rings is 1. The molecule has 5 rings (SSSR count). The van der Waals surface area contributed by atoms with E-state index in [0.29, 0.717) is 59.1 Å². The van der Waals surface area contributed by atoms with Crippen molar-refractivity contribution < 1.29 is 9.18 Å². The summed E-state index contributed by atoms with van der Waals surface area (Å²) in [6, 6.07) is 11.0. The van der Waals surface area contributed by atoms with Crippen LogP contribution in [0.15, 0.2) is 35.1 Å². The number of aromatic nitrogens is 2. The highest BCUT2D eigenvalue weighted by Gasteiger charge is 2.27. The zero-order valence-corrected chi connectivity index (χ0v) is 20.1. The summed E-state index contributed by atoms with van der Waals surface area (Å²) >= 11 is 1.13. The molecule has 0 spiro atoms. The maximum Gasteiger partial charge on any atom is 0.273 e. The van der Waals surface area contributed by atoms with Crippen molar-refractivity contribution in [3.05, 3.63) is 56.7 Å². The first-order valence-corrected chi connectivity index (χ1v) is 12.7. The molecule has 35 heavy (non-hydrogen) atoms. The van der Waals surface area contributed by atoms with Crippen molar-refractivity contribution in [1.29, 1.82) is 5.26 Å². The average Bonchev–Trinajstić information content (AvgIpc) is 3.30. The fourth-order valence-corrected chi connectivity index (χ4v) is 5.84. The number of carbonyl (C=O) groups is 1. The van der Waals surface area contributed by atoms with Crippen molar-refractivity contribution in [2.24, 2.45) is 5.73 Å². The molecule has 0 bridgehead atoms. The maximum absolute atomic E-state index is 13.8. The number of hydrogen-bond donors (Lipinski definition) is 1. The number of hydrogen-bond acceptors (Lipinski definition) is 7. The molecule has 1 atom stereocenters. The second kappa shape index (κ2) is 9.76. The molecule has 0 radical (unpaired) electrons. The lowest BCUT2D eigenvalue weighted by Gasteiger charge is -2.33. The van der Waals surface area contributed by atoms with Gasteiger partial charge in [0.1, 0.15) is 10.9 Å². The number of carbonyl (C=O) groups excluding carboxylic acids is 1. The fraction of sp³-hybridized carbons (Fsp3) is 0.440. The summed E-state index contributed by atoms with van der Waals surface area (Å²) in [6.45, 7) is 2.23. The molecule has 0 unspecified atom stereocenters. The lowest BCUT2D eigenvalue weighted by atomic mass is 10.1. The van der Waals surface area contributed by atoms with Gasteiger partial charge in [-0.3, -0.25) is 14.2 Å². The summed E-state index contributed by atoms with van der Waals surface area (Å²) in [4.78, 5) is 35.8. The predicted molar refractivity (Wildman–Crippen MR) is 134 cm³/mol. The van der Waals surface area contributed by atoms with Gasteiger partial charge in [-0.1, -0.05) is 18.2 Å². The Bertz CT molecular complexity index is 1350. The third kappa shape index (κ3) is 4.66. The number of fused-ring (bicyclic) bond motifs is 1. The topological polar surface area (TPSA) is 108 Å². The minimum absolute atomic E-state index is 0.0192. The summed E-state index contributed by atoms with van der Waals surface area (Å²) in [5.41, 5.74) is 7.67. The van der Waals surface area contributed by atoms with Crippen molar-refractivity contribution in [1.82, 2.24) is 14.5 Å². The molecule has 0 aliphatic carbocycles. The Labute approximate surface area is 206 Å². The van der Waals surface area contributed by atoms with Gasteiger partial charge in [-0.15, -0.1) is 11.3 Å². The van der Waals surface area contributed by atoms with E-state index in [9.17, 15) is 19.2 Å². The third-order valence-electron chi connectivity index (χ3n) is 6.74. The van der Waals surface area contributed by atoms with Gasteiger partial charge in [0.15, 0.2) is 0 Å². The van der Waals surface area contributed by atoms with Gasteiger partial charge in [-0.2, -0.15) is 5.26 Å². The van der Waals surface area contributed by atoms with Gasteiger partial charge in [-0.05, 0) is 43.4 Å². The number of benzene rings is 1. The quantitative estimate of drug-likeness (QED) is 0.598. The van der Waals surface area contributed by atoms with Crippen molar-refractivity contribution in [3.63, 3.8) is 0 Å². The number of anilines is 1. The zero-order valence-electron chi connectivity index (χ0n) is 19.3. The van der Waals surface area contributed by atoms with Crippen LogP contribution in [0.25, 0.3) is 10.2 Å². The minimum atomic E-state index is -0.870. The summed E-state index contributed by atoms with van der Waals surface area (Å²) in [6.07, 6.45) is 1.60. The fourth-order valence-electron chi connectivity index (χ4n) is 4.82. The standard InChI is InChI=1S/C25H27FN6O2S/c26-18-7-10-30(11-8-18)23(33)21-12-20-22(35-21)24(34)32(14-17-5-2-1-4-16(17)13-27)25(29-20)31-9-3-6-19(28)15-31/h1-2,4-5,12,18-19H,3,6-11,14-15,28H2/t19-/m1/s1. The molecule has 4 heterocycles. The summed E-state index contributed by atoms with van der Waals surface area (Å²) in [5, 5.41) is 9.55. The predicted octanol–water partition coefficient (Wildman–Crippen LogP) is 2.88. The Hall–Kier alpha value is -3.29. The maximum atomic E-state index is 13.8. The lowest BCUT2D eigenvalue weighted by Crippen LogP contribution is -2.45. The van der Waals surface area contributed by atoms with E-state index in [1.165, 1.54) is 0 Å². The van der Waals surface area contributed by atoms with Crippen LogP contribution in [0.4, 0.5) is 10.3 Å². The van der Waals surface area contributed by atoms with E-state index in [-0.39, 0.29) is 24.1 Å². The first-order chi connectivity index (χ1) is 16.9. The number of likely N-dealkylation sites (tertiary alicyclic amines) is 1. The van der Waals surface area contributed by atoms with Gasteiger partial charge in [-0.25, -0.2) is 9.37 Å². The largest absolute Gasteiger partial charge is 0.341 e. The molecule has 1 aromatic carbocycles. The number of halogens is 1. The van der Waals surface area contributed by atoms with Crippen LogP contribution >= 0.6 is 11.3 Å². The molecule has 2 aliphatic heterocycles. The highest BCUT2D eigenvalue weighted by molar-refractivity contribution is 7.20. The van der Waals surface area contributed by atoms with E-state index in [4.69, 9.17) is 10.7 Å². The summed E-state index contributed by atoms with van der Waals surface area (Å²) in [5.74, 6) is 0.308. The van der Waals surface area contributed by atoms with Gasteiger partial charge >= 0.3 is 0 Å². The molecule has 2 fully saturated rings. The molecule has 10 heteroatoms. The molecule has 2 N–H and O–H groups in total. The normalized spacial score (nSPS) is 19.2. The second-order valence-corrected chi connectivity index (χ2v) is 10.3. The number of nitrogens with zero attached hydrogens (tertiary/aromatic N) is 5. The Balaban J connectivity index is 1.58. The van der Waals surface area contributed by atoms with Crippen molar-refractivity contribution in [2.45, 2.75) is 44.4 Å². The van der Waals surface area contributed by atoms with Crippen molar-refractivity contribution in [3.8, 4) is 6.07 Å². The lowest BCUT2D eigenvalue weighted by molar-refractivity contribution is 0.0672. The summed E-state index contributed by atoms with van der Waals surface area (Å²) < 4.78 is 15.5. The van der Waals surface area contributed by atoms with Crippen LogP contribution < -0.4 is 16.2 Å². The Morgan fingerprint density at radius 2 is 2.00 bits per heavy atom. The number of rotatable bonds is 4. The average molecular weight is 495 g/mol. The van der Waals surface area contributed by atoms with Crippen molar-refractivity contribution >= 4 is 33.4 Å². The van der Waals surface area contributed by atoms with Gasteiger partial charge < -0.3 is 15.5 Å². The Kier molecular flexibility index (Phi) is 6.54. The monoisotopic (exact) mass is 494 g/mol. The first kappa shape index (κ1) is 23.5. The van der Waals surface area contributed by atoms with E-state index in [2.05, 4.69) is 6.07 Å². The zero-order chi connectivity index (χ0) is 24.5. The van der Waals surface area contributed by atoms with E-state index >= 15 is 0 Å². The van der Waals surface area contributed by atoms with Gasteiger partial charge in [0, 0.05) is 32.2 Å². The second-order valence-electron chi connectivity index (χ2n) is 9.21. The smallest absolute Gasteiger partial charge is 0.273 e. The van der Waals surface area contributed by atoms with Crippen LogP contribution in [-0.4, -0.2) is 58.8 Å². The number of piperidine rings is 2. The molecular formula is C25H27FN6O2S. The third-order valence-corrected chi connectivity index (χ3v) is 7.84. The number of nitrogens with two attached hydrogens (primary N) is 1. The highest BCUT2D eigenvalue weighted by atomic mass is 32.1. The molecular weight excluding hydrogens is 467 g/mol.